The highest BCUT2D eigenvalue weighted by Gasteiger charge is 2.66. The number of hydrogen-bond acceptors (Lipinski definition) is 5. The number of allylic oxidation sites excluding steroid dienone is 4. The highest BCUT2D eigenvalue weighted by Crippen LogP contribution is 2.64. The Bertz CT molecular complexity index is 1820. The second kappa shape index (κ2) is 10.5. The van der Waals surface area contributed by atoms with E-state index in [1.165, 1.54) is 11.0 Å². The minimum absolute atomic E-state index is 0.00385. The lowest BCUT2D eigenvalue weighted by atomic mass is 9.44. The molecule has 6 atom stereocenters. The van der Waals surface area contributed by atoms with E-state index in [9.17, 15) is 24.3 Å². The Morgan fingerprint density at radius 3 is 2.20 bits per heavy atom. The third-order valence-corrected chi connectivity index (χ3v) is 10.8. The number of Topliss-reactive ketones (excluding diaryl/α,β-unsaturated/α-hetero) is 1. The van der Waals surface area contributed by atoms with Crippen molar-refractivity contribution < 1.29 is 24.3 Å². The van der Waals surface area contributed by atoms with Gasteiger partial charge in [-0.1, -0.05) is 88.2 Å². The number of benzene rings is 3. The smallest absolute Gasteiger partial charge is 0.234 e. The van der Waals surface area contributed by atoms with Crippen LogP contribution in [0.5, 0.6) is 5.75 Å². The Labute approximate surface area is 271 Å². The molecule has 0 radical (unpaired) electrons. The van der Waals surface area contributed by atoms with E-state index in [4.69, 9.17) is 0 Å². The van der Waals surface area contributed by atoms with Crippen molar-refractivity contribution in [3.8, 4) is 5.75 Å². The molecule has 7 rings (SSSR count). The Morgan fingerprint density at radius 1 is 0.867 bits per heavy atom. The number of rotatable bonds is 3. The molecule has 6 nitrogen and oxygen atoms in total. The van der Waals surface area contributed by atoms with Crippen molar-refractivity contribution in [1.29, 1.82) is 0 Å². The first-order valence-electron chi connectivity index (χ1n) is 15.4. The van der Waals surface area contributed by atoms with Crippen LogP contribution in [-0.4, -0.2) is 38.9 Å². The van der Waals surface area contributed by atoms with E-state index in [0.717, 1.165) is 5.57 Å². The van der Waals surface area contributed by atoms with Crippen molar-refractivity contribution in [2.75, 3.05) is 0 Å². The van der Waals surface area contributed by atoms with Gasteiger partial charge in [0.2, 0.25) is 11.8 Å². The molecule has 0 bridgehead atoms. The number of amides is 2. The van der Waals surface area contributed by atoms with Crippen molar-refractivity contribution in [3.05, 3.63) is 118 Å². The van der Waals surface area contributed by atoms with Crippen molar-refractivity contribution in [2.24, 2.45) is 23.7 Å². The topological polar surface area (TPSA) is 91.8 Å². The van der Waals surface area contributed by atoms with Gasteiger partial charge in [0, 0.05) is 33.0 Å². The van der Waals surface area contributed by atoms with E-state index in [1.807, 2.05) is 93.6 Å². The molecule has 2 amide bonds. The third-order valence-electron chi connectivity index (χ3n) is 10.3. The highest BCUT2D eigenvalue weighted by molar-refractivity contribution is 9.10. The fourth-order valence-corrected chi connectivity index (χ4v) is 9.02. The molecule has 0 aromatic heterocycles. The standard InChI is InChI=1S/C38H34BrNO5/c1-37(2,3)40-35(44)25-16-15-24-27(32(25)36(40)45)19-29-34(43)26(21-10-6-4-7-11-21)20-31(42)38(29,22-12-8-5-9-13-22)33(24)28-18-23(39)14-17-30(28)41/h4-15,17-18,20,25,27,29,32-33,41H,16,19H2,1-3H3. The Hall–Kier alpha value is -4.10. The summed E-state index contributed by atoms with van der Waals surface area (Å²) >= 11 is 3.57. The predicted octanol–water partition coefficient (Wildman–Crippen LogP) is 6.78. The Morgan fingerprint density at radius 2 is 1.53 bits per heavy atom. The van der Waals surface area contributed by atoms with Crippen molar-refractivity contribution in [1.82, 2.24) is 4.90 Å². The summed E-state index contributed by atoms with van der Waals surface area (Å²) in [6, 6.07) is 23.7. The number of aromatic hydroxyl groups is 1. The summed E-state index contributed by atoms with van der Waals surface area (Å²) in [4.78, 5) is 59.2. The van der Waals surface area contributed by atoms with E-state index in [2.05, 4.69) is 15.9 Å². The van der Waals surface area contributed by atoms with Gasteiger partial charge < -0.3 is 5.11 Å². The molecule has 0 spiro atoms. The van der Waals surface area contributed by atoms with Gasteiger partial charge in [0.25, 0.3) is 0 Å². The van der Waals surface area contributed by atoms with Gasteiger partial charge in [0.15, 0.2) is 11.6 Å². The van der Waals surface area contributed by atoms with Crippen molar-refractivity contribution in [3.63, 3.8) is 0 Å². The normalized spacial score (nSPS) is 29.5. The first kappa shape index (κ1) is 29.6. The van der Waals surface area contributed by atoms with Crippen LogP contribution >= 0.6 is 15.9 Å². The molecule has 1 saturated heterocycles. The number of likely N-dealkylation sites (tertiary alicyclic amines) is 1. The molecule has 1 saturated carbocycles. The maximum atomic E-state index is 15.0. The van der Waals surface area contributed by atoms with Crippen LogP contribution in [0, 0.1) is 23.7 Å². The summed E-state index contributed by atoms with van der Waals surface area (Å²) in [7, 11) is 0. The molecule has 3 aliphatic carbocycles. The third kappa shape index (κ3) is 4.27. The monoisotopic (exact) mass is 663 g/mol. The molecule has 3 aromatic carbocycles. The molecular weight excluding hydrogens is 630 g/mol. The minimum Gasteiger partial charge on any atom is -0.508 e. The summed E-state index contributed by atoms with van der Waals surface area (Å²) in [5.41, 5.74) is 0.962. The fourth-order valence-electron chi connectivity index (χ4n) is 8.64. The maximum absolute atomic E-state index is 15.0. The van der Waals surface area contributed by atoms with Crippen LogP contribution in [0.4, 0.5) is 0 Å². The molecule has 3 aromatic rings. The van der Waals surface area contributed by atoms with Gasteiger partial charge in [-0.15, -0.1) is 0 Å². The zero-order chi connectivity index (χ0) is 31.8. The van der Waals surface area contributed by atoms with Gasteiger partial charge >= 0.3 is 0 Å². The lowest BCUT2D eigenvalue weighted by Gasteiger charge is -2.55. The molecule has 4 aliphatic rings. The van der Waals surface area contributed by atoms with E-state index in [-0.39, 0.29) is 35.6 Å². The number of carbonyl (C=O) groups is 4. The largest absolute Gasteiger partial charge is 0.508 e. The van der Waals surface area contributed by atoms with Gasteiger partial charge in [-0.05, 0) is 74.9 Å². The summed E-state index contributed by atoms with van der Waals surface area (Å²) in [6.07, 6.45) is 4.09. The maximum Gasteiger partial charge on any atom is 0.234 e. The number of hydrogen-bond donors (Lipinski definition) is 1. The second-order valence-electron chi connectivity index (χ2n) is 13.7. The molecule has 6 unspecified atom stereocenters. The number of nitrogens with zero attached hydrogens (tertiary/aromatic N) is 1. The van der Waals surface area contributed by atoms with Crippen LogP contribution in [0.1, 0.15) is 56.2 Å². The van der Waals surface area contributed by atoms with Crippen molar-refractivity contribution >= 4 is 44.9 Å². The Balaban J connectivity index is 1.52. The number of fused-ring (bicyclic) bond motifs is 4. The lowest BCUT2D eigenvalue weighted by molar-refractivity contribution is -0.145. The number of phenols is 1. The average molecular weight is 665 g/mol. The van der Waals surface area contributed by atoms with Crippen LogP contribution in [0.15, 0.2) is 101 Å². The lowest BCUT2D eigenvalue weighted by Crippen LogP contribution is -2.59. The zero-order valence-corrected chi connectivity index (χ0v) is 27.0. The SMILES string of the molecule is CC(C)(C)N1C(=O)C2CC=C3C(CC4C(=O)C(c5ccccc5)=CC(=O)C4(c4ccccc4)C3c3cc(Br)ccc3O)C2C1=O. The fraction of sp³-hybridized carbons (Fsp3) is 0.316. The predicted molar refractivity (Wildman–Crippen MR) is 174 cm³/mol. The van der Waals surface area contributed by atoms with Crippen LogP contribution in [-0.2, 0) is 24.6 Å². The quantitative estimate of drug-likeness (QED) is 0.246. The number of ketones is 2. The van der Waals surface area contributed by atoms with Gasteiger partial charge in [0.1, 0.15) is 5.75 Å². The summed E-state index contributed by atoms with van der Waals surface area (Å²) in [6.45, 7) is 5.58. The van der Waals surface area contributed by atoms with E-state index < -0.39 is 40.5 Å². The van der Waals surface area contributed by atoms with Crippen LogP contribution < -0.4 is 0 Å². The molecule has 1 N–H and O–H groups in total. The second-order valence-corrected chi connectivity index (χ2v) is 14.6. The number of imide groups is 1. The molecule has 45 heavy (non-hydrogen) atoms. The van der Waals surface area contributed by atoms with Crippen LogP contribution in [0.25, 0.3) is 5.57 Å². The number of halogens is 1. The number of phenolic OH excluding ortho intramolecular Hbond substituents is 1. The molecule has 1 heterocycles. The molecular formula is C38H34BrNO5. The summed E-state index contributed by atoms with van der Waals surface area (Å²) in [5, 5.41) is 11.5. The van der Waals surface area contributed by atoms with Gasteiger partial charge in [-0.3, -0.25) is 24.1 Å². The molecule has 1 aliphatic heterocycles. The molecule has 2 fully saturated rings. The first-order valence-corrected chi connectivity index (χ1v) is 16.2. The van der Waals surface area contributed by atoms with Crippen LogP contribution in [0.3, 0.4) is 0 Å². The van der Waals surface area contributed by atoms with Gasteiger partial charge in [-0.2, -0.15) is 0 Å². The van der Waals surface area contributed by atoms with Crippen LogP contribution in [0.2, 0.25) is 0 Å². The summed E-state index contributed by atoms with van der Waals surface area (Å²) in [5.74, 6) is -4.06. The minimum atomic E-state index is -1.38. The van der Waals surface area contributed by atoms with Gasteiger partial charge in [0.05, 0.1) is 17.3 Å². The van der Waals surface area contributed by atoms with E-state index in [1.54, 1.807) is 12.1 Å². The average Bonchev–Trinajstić information content (AvgIpc) is 3.29. The first-order chi connectivity index (χ1) is 21.5. The summed E-state index contributed by atoms with van der Waals surface area (Å²) < 4.78 is 0.715. The Kier molecular flexibility index (Phi) is 6.89. The van der Waals surface area contributed by atoms with Gasteiger partial charge in [-0.25, -0.2) is 0 Å². The number of carbonyl (C=O) groups excluding carboxylic acids is 4. The molecule has 7 heteroatoms. The van der Waals surface area contributed by atoms with E-state index >= 15 is 0 Å². The zero-order valence-electron chi connectivity index (χ0n) is 25.4. The van der Waals surface area contributed by atoms with E-state index in [0.29, 0.717) is 33.2 Å². The van der Waals surface area contributed by atoms with Crippen molar-refractivity contribution in [2.45, 2.75) is 50.5 Å². The molecule has 228 valence electrons. The highest BCUT2D eigenvalue weighted by atomic mass is 79.9.